The van der Waals surface area contributed by atoms with E-state index in [2.05, 4.69) is 17.2 Å². The summed E-state index contributed by atoms with van der Waals surface area (Å²) in [7, 11) is 0. The van der Waals surface area contributed by atoms with E-state index < -0.39 is 0 Å². The van der Waals surface area contributed by atoms with Gasteiger partial charge in [-0.15, -0.1) is 0 Å². The molecule has 16 heavy (non-hydrogen) atoms. The second-order valence-electron chi connectivity index (χ2n) is 4.32. The molecule has 1 heterocycles. The van der Waals surface area contributed by atoms with Crippen LogP contribution in [0.2, 0.25) is 0 Å². The van der Waals surface area contributed by atoms with Gasteiger partial charge >= 0.3 is 6.08 Å². The molecule has 0 amide bonds. The van der Waals surface area contributed by atoms with Crippen molar-refractivity contribution in [2.24, 2.45) is 5.92 Å². The van der Waals surface area contributed by atoms with Gasteiger partial charge in [-0.05, 0) is 18.9 Å². The molecule has 0 aliphatic heterocycles. The first-order chi connectivity index (χ1) is 7.88. The zero-order chi connectivity index (χ0) is 11.2. The summed E-state index contributed by atoms with van der Waals surface area (Å²) in [6, 6.07) is 0. The molecule has 1 aliphatic carbocycles. The van der Waals surface area contributed by atoms with Gasteiger partial charge in [0.05, 0.1) is 12.3 Å². The molecule has 0 bridgehead atoms. The Morgan fingerprint density at radius 3 is 3.12 bits per heavy atom. The molecule has 0 atom stereocenters. The molecule has 1 aliphatic rings. The highest BCUT2D eigenvalue weighted by molar-refractivity contribution is 4.99. The molecule has 1 aromatic rings. The topological polar surface area (TPSA) is 47.3 Å². The van der Waals surface area contributed by atoms with E-state index in [4.69, 9.17) is 9.15 Å². The minimum Gasteiger partial charge on any atom is -0.450 e. The lowest BCUT2D eigenvalue weighted by Crippen LogP contribution is -2.14. The fourth-order valence-corrected chi connectivity index (χ4v) is 1.78. The van der Waals surface area contributed by atoms with Gasteiger partial charge < -0.3 is 14.5 Å². The lowest BCUT2D eigenvalue weighted by atomic mass is 9.83. The number of nitrogens with zero attached hydrogens (tertiary/aromatic N) is 1. The fourth-order valence-electron chi connectivity index (χ4n) is 1.78. The molecule has 1 fully saturated rings. The van der Waals surface area contributed by atoms with Gasteiger partial charge in [0.15, 0.2) is 0 Å². The smallest absolute Gasteiger partial charge is 0.393 e. The Hall–Kier alpha value is -1.03. The molecule has 0 spiro atoms. The Bertz CT molecular complexity index is 308. The third-order valence-electron chi connectivity index (χ3n) is 3.06. The maximum absolute atomic E-state index is 5.47. The quantitative estimate of drug-likeness (QED) is 0.772. The van der Waals surface area contributed by atoms with Crippen molar-refractivity contribution in [3.8, 4) is 6.08 Å². The van der Waals surface area contributed by atoms with E-state index in [0.29, 0.717) is 6.08 Å². The molecule has 4 nitrogen and oxygen atoms in total. The van der Waals surface area contributed by atoms with Crippen molar-refractivity contribution in [2.45, 2.75) is 39.2 Å². The Labute approximate surface area is 96.4 Å². The van der Waals surface area contributed by atoms with E-state index in [1.54, 1.807) is 6.26 Å². The van der Waals surface area contributed by atoms with E-state index in [1.165, 1.54) is 19.3 Å². The van der Waals surface area contributed by atoms with Crippen LogP contribution < -0.4 is 10.1 Å². The van der Waals surface area contributed by atoms with E-state index in [0.717, 1.165) is 37.7 Å². The van der Waals surface area contributed by atoms with Gasteiger partial charge in [-0.25, -0.2) is 0 Å². The number of nitrogens with one attached hydrogen (secondary N) is 1. The SMILES string of the molecule is CCNCc1coc(OCCC2CCC2)n1. The number of rotatable bonds is 7. The van der Waals surface area contributed by atoms with Crippen LogP contribution in [0.3, 0.4) is 0 Å². The first-order valence-corrected chi connectivity index (χ1v) is 6.16. The zero-order valence-corrected chi connectivity index (χ0v) is 9.87. The first kappa shape index (κ1) is 11.5. The Morgan fingerprint density at radius 1 is 1.56 bits per heavy atom. The molecular formula is C12H20N2O2. The van der Waals surface area contributed by atoms with Crippen LogP contribution in [0.15, 0.2) is 10.7 Å². The third kappa shape index (κ3) is 3.23. The van der Waals surface area contributed by atoms with Crippen molar-refractivity contribution >= 4 is 0 Å². The fraction of sp³-hybridized carbons (Fsp3) is 0.750. The average Bonchev–Trinajstić information content (AvgIpc) is 2.67. The second kappa shape index (κ2) is 5.89. The molecule has 4 heteroatoms. The number of ether oxygens (including phenoxy) is 1. The van der Waals surface area contributed by atoms with E-state index in [9.17, 15) is 0 Å². The zero-order valence-electron chi connectivity index (χ0n) is 9.87. The van der Waals surface area contributed by atoms with Crippen molar-refractivity contribution in [3.63, 3.8) is 0 Å². The van der Waals surface area contributed by atoms with Crippen molar-refractivity contribution in [2.75, 3.05) is 13.2 Å². The molecule has 90 valence electrons. The van der Waals surface area contributed by atoms with Gasteiger partial charge in [0.25, 0.3) is 0 Å². The molecule has 0 radical (unpaired) electrons. The minimum atomic E-state index is 0.409. The lowest BCUT2D eigenvalue weighted by Gasteiger charge is -2.24. The van der Waals surface area contributed by atoms with Crippen LogP contribution in [0.25, 0.3) is 0 Å². The predicted molar refractivity (Wildman–Crippen MR) is 61.3 cm³/mol. The summed E-state index contributed by atoms with van der Waals surface area (Å²) in [5, 5.41) is 3.19. The van der Waals surface area contributed by atoms with Crippen LogP contribution in [0.4, 0.5) is 0 Å². The highest BCUT2D eigenvalue weighted by Gasteiger charge is 2.17. The summed E-state index contributed by atoms with van der Waals surface area (Å²) in [5.41, 5.74) is 0.903. The summed E-state index contributed by atoms with van der Waals surface area (Å²) in [6.07, 6.45) is 7.30. The van der Waals surface area contributed by atoms with Crippen LogP contribution in [0.5, 0.6) is 6.08 Å². The van der Waals surface area contributed by atoms with Crippen molar-refractivity contribution in [1.82, 2.24) is 10.3 Å². The second-order valence-corrected chi connectivity index (χ2v) is 4.32. The highest BCUT2D eigenvalue weighted by Crippen LogP contribution is 2.29. The van der Waals surface area contributed by atoms with Gasteiger partial charge in [0.2, 0.25) is 0 Å². The standard InChI is InChI=1S/C12H20N2O2/c1-2-13-8-11-9-16-12(14-11)15-7-6-10-4-3-5-10/h9-10,13H,2-8H2,1H3. The van der Waals surface area contributed by atoms with Crippen LogP contribution in [0.1, 0.15) is 38.3 Å². The maximum atomic E-state index is 5.47. The number of aromatic nitrogens is 1. The van der Waals surface area contributed by atoms with Crippen LogP contribution >= 0.6 is 0 Å². The van der Waals surface area contributed by atoms with Crippen LogP contribution in [0, 0.1) is 5.92 Å². The van der Waals surface area contributed by atoms with Gasteiger partial charge in [-0.1, -0.05) is 26.2 Å². The molecule has 0 aromatic carbocycles. The molecule has 1 aromatic heterocycles. The predicted octanol–water partition coefficient (Wildman–Crippen LogP) is 2.35. The maximum Gasteiger partial charge on any atom is 0.393 e. The van der Waals surface area contributed by atoms with E-state index >= 15 is 0 Å². The summed E-state index contributed by atoms with van der Waals surface area (Å²) in [4.78, 5) is 4.24. The number of hydrogen-bond donors (Lipinski definition) is 1. The molecule has 2 rings (SSSR count). The Kier molecular flexibility index (Phi) is 4.22. The first-order valence-electron chi connectivity index (χ1n) is 6.16. The van der Waals surface area contributed by atoms with Gasteiger partial charge in [-0.2, -0.15) is 4.98 Å². The van der Waals surface area contributed by atoms with Gasteiger partial charge in [-0.3, -0.25) is 0 Å². The van der Waals surface area contributed by atoms with Crippen LogP contribution in [-0.4, -0.2) is 18.1 Å². The van der Waals surface area contributed by atoms with Crippen molar-refractivity contribution in [3.05, 3.63) is 12.0 Å². The summed E-state index contributed by atoms with van der Waals surface area (Å²) < 4.78 is 10.7. The number of oxazole rings is 1. The van der Waals surface area contributed by atoms with Crippen LogP contribution in [-0.2, 0) is 6.54 Å². The summed E-state index contributed by atoms with van der Waals surface area (Å²) >= 11 is 0. The summed E-state index contributed by atoms with van der Waals surface area (Å²) in [5.74, 6) is 0.871. The third-order valence-corrected chi connectivity index (χ3v) is 3.06. The monoisotopic (exact) mass is 224 g/mol. The molecule has 1 saturated carbocycles. The summed E-state index contributed by atoms with van der Waals surface area (Å²) in [6.45, 7) is 4.47. The highest BCUT2D eigenvalue weighted by atomic mass is 16.6. The van der Waals surface area contributed by atoms with Crippen molar-refractivity contribution in [1.29, 1.82) is 0 Å². The molecule has 1 N–H and O–H groups in total. The molecule has 0 saturated heterocycles. The van der Waals surface area contributed by atoms with Gasteiger partial charge in [0, 0.05) is 6.54 Å². The Balaban J connectivity index is 1.65. The van der Waals surface area contributed by atoms with Gasteiger partial charge in [0.1, 0.15) is 6.26 Å². The molecule has 0 unspecified atom stereocenters. The number of hydrogen-bond acceptors (Lipinski definition) is 4. The lowest BCUT2D eigenvalue weighted by molar-refractivity contribution is 0.183. The Morgan fingerprint density at radius 2 is 2.44 bits per heavy atom. The average molecular weight is 224 g/mol. The normalized spacial score (nSPS) is 16.1. The minimum absolute atomic E-state index is 0.409. The van der Waals surface area contributed by atoms with Crippen molar-refractivity contribution < 1.29 is 9.15 Å². The molecular weight excluding hydrogens is 204 g/mol. The van der Waals surface area contributed by atoms with E-state index in [1.807, 2.05) is 0 Å². The largest absolute Gasteiger partial charge is 0.450 e. The van der Waals surface area contributed by atoms with E-state index in [-0.39, 0.29) is 0 Å².